The first kappa shape index (κ1) is 26.0. The lowest BCUT2D eigenvalue weighted by Crippen LogP contribution is -2.51. The van der Waals surface area contributed by atoms with Gasteiger partial charge in [0.25, 0.3) is 0 Å². The first-order chi connectivity index (χ1) is 16.6. The molecule has 2 aromatic carbocycles. The van der Waals surface area contributed by atoms with Crippen molar-refractivity contribution in [3.05, 3.63) is 64.1 Å². The molecule has 1 saturated heterocycles. The average Bonchev–Trinajstić information content (AvgIpc) is 3.07. The maximum absolute atomic E-state index is 6.43. The van der Waals surface area contributed by atoms with Gasteiger partial charge in [-0.05, 0) is 72.4 Å². The Bertz CT molecular complexity index is 1130. The van der Waals surface area contributed by atoms with Gasteiger partial charge < -0.3 is 15.0 Å². The Morgan fingerprint density at radius 1 is 1.09 bits per heavy atom. The van der Waals surface area contributed by atoms with Crippen molar-refractivity contribution in [3.8, 4) is 5.75 Å². The van der Waals surface area contributed by atoms with Gasteiger partial charge in [-0.3, -0.25) is 4.99 Å². The molecule has 1 saturated carbocycles. The van der Waals surface area contributed by atoms with Crippen molar-refractivity contribution in [2.45, 2.75) is 64.5 Å². The minimum atomic E-state index is -0.265. The number of aliphatic imine (C=N–C) groups is 1. The maximum atomic E-state index is 6.43. The van der Waals surface area contributed by atoms with Crippen LogP contribution in [0.15, 0.2) is 53.5 Å². The lowest BCUT2D eigenvalue weighted by molar-refractivity contribution is 0.357. The molecule has 4 rings (SSSR count). The quantitative estimate of drug-likeness (QED) is 0.399. The molecule has 1 aliphatic carbocycles. The number of amidine groups is 1. The van der Waals surface area contributed by atoms with Gasteiger partial charge in [0.05, 0.1) is 13.2 Å². The van der Waals surface area contributed by atoms with E-state index in [-0.39, 0.29) is 17.0 Å². The first-order valence-electron chi connectivity index (χ1n) is 12.1. The lowest BCUT2D eigenvalue weighted by atomic mass is 9.79. The van der Waals surface area contributed by atoms with Crippen molar-refractivity contribution in [1.29, 1.82) is 0 Å². The van der Waals surface area contributed by atoms with Gasteiger partial charge >= 0.3 is 0 Å². The second-order valence-corrected chi connectivity index (χ2v) is 11.6. The topological polar surface area (TPSA) is 36.9 Å². The number of benzene rings is 2. The van der Waals surface area contributed by atoms with E-state index in [9.17, 15) is 0 Å². The zero-order chi connectivity index (χ0) is 25.2. The molecule has 2 aromatic rings. The summed E-state index contributed by atoms with van der Waals surface area (Å²) in [6.07, 6.45) is 9.72. The Kier molecular flexibility index (Phi) is 7.80. The number of methoxy groups -OCH3 is 1. The fourth-order valence-electron chi connectivity index (χ4n) is 4.91. The molecule has 35 heavy (non-hydrogen) atoms. The zero-order valence-corrected chi connectivity index (χ0v) is 23.1. The Morgan fingerprint density at radius 2 is 1.77 bits per heavy atom. The standard InChI is InChI=1S/C28H33Cl2N3OS/c1-27(2,3)24(15-9-19-8-10-20(29)18-23(19)30)31-25-28(16-6-5-7-17-28)33(26(35)32-25)21-11-13-22(34-4)14-12-21/h8-15,18,24H,5-7,16-17H2,1-4H3,(H,31,32,35)/b15-9-/t24-/m1/s1. The van der Waals surface area contributed by atoms with Gasteiger partial charge in [0.15, 0.2) is 5.11 Å². The van der Waals surface area contributed by atoms with Gasteiger partial charge in [-0.2, -0.15) is 0 Å². The fourth-order valence-corrected chi connectivity index (χ4v) is 5.76. The van der Waals surface area contributed by atoms with Crippen LogP contribution in [0.1, 0.15) is 58.4 Å². The molecule has 0 aromatic heterocycles. The summed E-state index contributed by atoms with van der Waals surface area (Å²) < 4.78 is 5.37. The Labute approximate surface area is 224 Å². The smallest absolute Gasteiger partial charge is 0.179 e. The number of hydrogen-bond acceptors (Lipinski definition) is 3. The lowest BCUT2D eigenvalue weighted by Gasteiger charge is -2.41. The van der Waals surface area contributed by atoms with Gasteiger partial charge in [0.1, 0.15) is 17.1 Å². The minimum absolute atomic E-state index is 0.0748. The molecule has 1 atom stereocenters. The van der Waals surface area contributed by atoms with Crippen LogP contribution < -0.4 is 15.0 Å². The summed E-state index contributed by atoms with van der Waals surface area (Å²) in [4.78, 5) is 7.62. The van der Waals surface area contributed by atoms with Crippen LogP contribution in [0.25, 0.3) is 6.08 Å². The van der Waals surface area contributed by atoms with Crippen molar-refractivity contribution in [2.75, 3.05) is 12.0 Å². The third kappa shape index (κ3) is 5.52. The number of nitrogens with one attached hydrogen (secondary N) is 1. The monoisotopic (exact) mass is 529 g/mol. The number of rotatable bonds is 5. The van der Waals surface area contributed by atoms with Crippen molar-refractivity contribution >= 4 is 58.1 Å². The number of ether oxygens (including phenoxy) is 1. The van der Waals surface area contributed by atoms with Gasteiger partial charge in [0, 0.05) is 15.7 Å². The molecule has 0 amide bonds. The van der Waals surface area contributed by atoms with Crippen molar-refractivity contribution < 1.29 is 4.74 Å². The average molecular weight is 531 g/mol. The predicted molar refractivity (Wildman–Crippen MR) is 153 cm³/mol. The highest BCUT2D eigenvalue weighted by molar-refractivity contribution is 7.80. The van der Waals surface area contributed by atoms with Crippen LogP contribution in [0.2, 0.25) is 10.0 Å². The third-order valence-corrected chi connectivity index (χ3v) is 7.73. The summed E-state index contributed by atoms with van der Waals surface area (Å²) >= 11 is 18.4. The van der Waals surface area contributed by atoms with E-state index in [4.69, 9.17) is 45.1 Å². The van der Waals surface area contributed by atoms with Crippen molar-refractivity contribution in [2.24, 2.45) is 10.4 Å². The molecule has 1 aliphatic heterocycles. The molecule has 0 radical (unpaired) electrons. The van der Waals surface area contributed by atoms with Crippen molar-refractivity contribution in [1.82, 2.24) is 5.32 Å². The molecule has 186 valence electrons. The number of hydrogen-bond donors (Lipinski definition) is 1. The van der Waals surface area contributed by atoms with E-state index in [1.54, 1.807) is 13.2 Å². The largest absolute Gasteiger partial charge is 0.497 e. The summed E-state index contributed by atoms with van der Waals surface area (Å²) in [7, 11) is 1.68. The van der Waals surface area contributed by atoms with Crippen LogP contribution in [0.5, 0.6) is 5.75 Å². The van der Waals surface area contributed by atoms with Crippen LogP contribution >= 0.6 is 35.4 Å². The third-order valence-electron chi connectivity index (χ3n) is 6.88. The van der Waals surface area contributed by atoms with Gasteiger partial charge in [-0.15, -0.1) is 0 Å². The first-order valence-corrected chi connectivity index (χ1v) is 13.3. The molecule has 2 aliphatic rings. The van der Waals surface area contributed by atoms with E-state index in [1.165, 1.54) is 6.42 Å². The van der Waals surface area contributed by atoms with Crippen LogP contribution in [0.3, 0.4) is 0 Å². The molecule has 0 unspecified atom stereocenters. The van der Waals surface area contributed by atoms with Gasteiger partial charge in [0.2, 0.25) is 0 Å². The molecular formula is C28H33Cl2N3OS. The summed E-state index contributed by atoms with van der Waals surface area (Å²) in [6.45, 7) is 6.62. The Morgan fingerprint density at radius 3 is 2.37 bits per heavy atom. The van der Waals surface area contributed by atoms with Crippen LogP contribution in [-0.2, 0) is 0 Å². The number of halogens is 2. The normalized spacial score (nSPS) is 20.0. The maximum Gasteiger partial charge on any atom is 0.179 e. The second kappa shape index (κ2) is 10.5. The number of thiocarbonyl (C=S) groups is 1. The van der Waals surface area contributed by atoms with Gasteiger partial charge in [-0.1, -0.05) is 81.5 Å². The highest BCUT2D eigenvalue weighted by Crippen LogP contribution is 2.42. The molecule has 7 heteroatoms. The van der Waals surface area contributed by atoms with E-state index in [1.807, 2.05) is 30.3 Å². The summed E-state index contributed by atoms with van der Waals surface area (Å²) in [5.74, 6) is 1.79. The SMILES string of the molecule is COc1ccc(N2C(=S)NC(=N[C@H](/C=C\c3ccc(Cl)cc3Cl)C(C)(C)C)C23CCCCC3)cc1. The van der Waals surface area contributed by atoms with Gasteiger partial charge in [-0.25, -0.2) is 0 Å². The van der Waals surface area contributed by atoms with E-state index >= 15 is 0 Å². The summed E-state index contributed by atoms with van der Waals surface area (Å²) in [5.41, 5.74) is 1.62. The molecule has 1 spiro atoms. The Balaban J connectivity index is 1.74. The predicted octanol–water partition coefficient (Wildman–Crippen LogP) is 7.93. The highest BCUT2D eigenvalue weighted by Gasteiger charge is 2.50. The van der Waals surface area contributed by atoms with E-state index in [0.717, 1.165) is 48.5 Å². The zero-order valence-electron chi connectivity index (χ0n) is 20.8. The molecule has 0 bridgehead atoms. The minimum Gasteiger partial charge on any atom is -0.497 e. The molecule has 4 nitrogen and oxygen atoms in total. The number of anilines is 1. The summed E-state index contributed by atoms with van der Waals surface area (Å²) in [5, 5.41) is 5.47. The molecular weight excluding hydrogens is 497 g/mol. The molecule has 1 heterocycles. The Hall–Kier alpha value is -2.08. The number of nitrogens with zero attached hydrogens (tertiary/aromatic N) is 2. The fraction of sp³-hybridized carbons (Fsp3) is 0.429. The van der Waals surface area contributed by atoms with Crippen LogP contribution in [0.4, 0.5) is 5.69 Å². The van der Waals surface area contributed by atoms with Crippen LogP contribution in [0, 0.1) is 5.41 Å². The van der Waals surface area contributed by atoms with E-state index in [0.29, 0.717) is 15.2 Å². The highest BCUT2D eigenvalue weighted by atomic mass is 35.5. The summed E-state index contributed by atoms with van der Waals surface area (Å²) in [6, 6.07) is 13.6. The second-order valence-electron chi connectivity index (χ2n) is 10.4. The molecule has 2 fully saturated rings. The molecule has 1 N–H and O–H groups in total. The van der Waals surface area contributed by atoms with Crippen LogP contribution in [-0.4, -0.2) is 29.6 Å². The van der Waals surface area contributed by atoms with E-state index < -0.39 is 0 Å². The van der Waals surface area contributed by atoms with Crippen molar-refractivity contribution in [3.63, 3.8) is 0 Å². The van der Waals surface area contributed by atoms with E-state index in [2.05, 4.69) is 49.2 Å².